The van der Waals surface area contributed by atoms with E-state index in [9.17, 15) is 13.2 Å². The van der Waals surface area contributed by atoms with Crippen LogP contribution in [0.2, 0.25) is 5.02 Å². The van der Waals surface area contributed by atoms with Gasteiger partial charge in [-0.1, -0.05) is 41.6 Å². The van der Waals surface area contributed by atoms with Gasteiger partial charge >= 0.3 is 0 Å². The molecule has 0 saturated carbocycles. The standard InChI is InChI=1S/C15H14ClN3O3S2/c16-11-4-2-1-3-10(11)7-19-12-8-24(21,22)9-13(12)23-15(19)18-14(20)5-6-17/h1-4,12-13H,5,7-9H2/t12-,13+/m1/s1. The summed E-state index contributed by atoms with van der Waals surface area (Å²) in [5.74, 6) is -0.403. The van der Waals surface area contributed by atoms with Crippen molar-refractivity contribution in [3.63, 3.8) is 0 Å². The highest BCUT2D eigenvalue weighted by Gasteiger charge is 2.48. The average Bonchev–Trinajstić information content (AvgIpc) is 2.94. The number of fused-ring (bicyclic) bond motifs is 1. The first-order chi connectivity index (χ1) is 11.4. The van der Waals surface area contributed by atoms with E-state index in [1.54, 1.807) is 12.1 Å². The van der Waals surface area contributed by atoms with Gasteiger partial charge in [-0.2, -0.15) is 10.3 Å². The lowest BCUT2D eigenvalue weighted by molar-refractivity contribution is -0.116. The molecule has 0 bridgehead atoms. The van der Waals surface area contributed by atoms with Crippen LogP contribution in [0.4, 0.5) is 0 Å². The van der Waals surface area contributed by atoms with Gasteiger partial charge in [-0.15, -0.1) is 0 Å². The number of hydrogen-bond donors (Lipinski definition) is 0. The molecule has 126 valence electrons. The number of halogens is 1. The van der Waals surface area contributed by atoms with E-state index < -0.39 is 15.7 Å². The zero-order valence-corrected chi connectivity index (χ0v) is 14.9. The molecule has 1 amide bonds. The number of sulfone groups is 1. The summed E-state index contributed by atoms with van der Waals surface area (Å²) in [6, 6.07) is 8.84. The van der Waals surface area contributed by atoms with E-state index in [0.717, 1.165) is 5.56 Å². The van der Waals surface area contributed by atoms with Crippen molar-refractivity contribution in [1.29, 1.82) is 5.26 Å². The molecule has 9 heteroatoms. The summed E-state index contributed by atoms with van der Waals surface area (Å²) < 4.78 is 23.8. The quantitative estimate of drug-likeness (QED) is 0.791. The fourth-order valence-corrected chi connectivity index (χ4v) is 7.01. The molecule has 6 nitrogen and oxygen atoms in total. The van der Waals surface area contributed by atoms with Crippen molar-refractivity contribution in [2.75, 3.05) is 11.5 Å². The van der Waals surface area contributed by atoms with Crippen LogP contribution in [0.25, 0.3) is 0 Å². The monoisotopic (exact) mass is 383 g/mol. The Bertz CT molecular complexity index is 848. The van der Waals surface area contributed by atoms with Gasteiger partial charge in [0.25, 0.3) is 5.91 Å². The molecule has 0 radical (unpaired) electrons. The third-order valence-electron chi connectivity index (χ3n) is 3.92. The number of nitrogens with zero attached hydrogens (tertiary/aromatic N) is 3. The lowest BCUT2D eigenvalue weighted by Gasteiger charge is -2.24. The van der Waals surface area contributed by atoms with E-state index in [4.69, 9.17) is 16.9 Å². The van der Waals surface area contributed by atoms with E-state index in [0.29, 0.717) is 16.7 Å². The van der Waals surface area contributed by atoms with Crippen molar-refractivity contribution in [3.8, 4) is 6.07 Å². The number of aliphatic imine (C=N–C) groups is 1. The highest BCUT2D eigenvalue weighted by atomic mass is 35.5. The first-order valence-corrected chi connectivity index (χ1v) is 10.3. The summed E-state index contributed by atoms with van der Waals surface area (Å²) in [7, 11) is -3.09. The van der Waals surface area contributed by atoms with Crippen molar-refractivity contribution in [2.24, 2.45) is 4.99 Å². The number of carbonyl (C=O) groups is 1. The Labute approximate surface area is 149 Å². The molecule has 1 aromatic rings. The highest BCUT2D eigenvalue weighted by Crippen LogP contribution is 2.39. The van der Waals surface area contributed by atoms with Crippen molar-refractivity contribution in [2.45, 2.75) is 24.3 Å². The van der Waals surface area contributed by atoms with Gasteiger partial charge in [-0.3, -0.25) is 4.79 Å². The van der Waals surface area contributed by atoms with Gasteiger partial charge in [-0.05, 0) is 11.6 Å². The van der Waals surface area contributed by atoms with Crippen LogP contribution in [-0.2, 0) is 21.2 Å². The van der Waals surface area contributed by atoms with Gasteiger partial charge in [0.15, 0.2) is 15.0 Å². The molecule has 2 heterocycles. The van der Waals surface area contributed by atoms with Crippen LogP contribution in [0.1, 0.15) is 12.0 Å². The van der Waals surface area contributed by atoms with Crippen molar-refractivity contribution >= 4 is 44.3 Å². The van der Waals surface area contributed by atoms with E-state index in [-0.39, 0.29) is 29.2 Å². The van der Waals surface area contributed by atoms with Crippen LogP contribution in [0.3, 0.4) is 0 Å². The van der Waals surface area contributed by atoms with Gasteiger partial charge in [0, 0.05) is 16.8 Å². The smallest absolute Gasteiger partial charge is 0.262 e. The molecule has 3 rings (SSSR count). The normalized spacial score (nSPS) is 26.3. The number of benzene rings is 1. The molecule has 0 aromatic heterocycles. The molecule has 0 aliphatic carbocycles. The summed E-state index contributed by atoms with van der Waals surface area (Å²) in [6.07, 6.45) is -0.294. The Hall–Kier alpha value is -1.56. The average molecular weight is 384 g/mol. The first kappa shape index (κ1) is 17.3. The number of thioether (sulfide) groups is 1. The SMILES string of the molecule is N#CCC(=O)N=C1S[C@H]2CS(=O)(=O)C[C@H]2N1Cc1ccccc1Cl. The molecular formula is C15H14ClN3O3S2. The second-order valence-electron chi connectivity index (χ2n) is 5.64. The maximum absolute atomic E-state index is 11.9. The number of amides is 1. The summed E-state index contributed by atoms with van der Waals surface area (Å²) in [5.41, 5.74) is 0.838. The fourth-order valence-electron chi connectivity index (χ4n) is 2.84. The van der Waals surface area contributed by atoms with Crippen LogP contribution in [0.15, 0.2) is 29.3 Å². The molecule has 0 unspecified atom stereocenters. The molecule has 2 aliphatic heterocycles. The maximum Gasteiger partial charge on any atom is 0.262 e. The Kier molecular flexibility index (Phi) is 4.85. The third-order valence-corrected chi connectivity index (χ3v) is 7.54. The van der Waals surface area contributed by atoms with Gasteiger partial charge < -0.3 is 4.90 Å². The number of rotatable bonds is 3. The molecule has 2 fully saturated rings. The Morgan fingerprint density at radius 3 is 2.88 bits per heavy atom. The number of carbonyl (C=O) groups excluding carboxylic acids is 1. The second-order valence-corrected chi connectivity index (χ2v) is 9.41. The van der Waals surface area contributed by atoms with E-state index >= 15 is 0 Å². The molecule has 24 heavy (non-hydrogen) atoms. The summed E-state index contributed by atoms with van der Waals surface area (Å²) in [6.45, 7) is 0.377. The number of amidine groups is 1. The van der Waals surface area contributed by atoms with E-state index in [1.165, 1.54) is 11.8 Å². The van der Waals surface area contributed by atoms with Crippen molar-refractivity contribution < 1.29 is 13.2 Å². The lowest BCUT2D eigenvalue weighted by Crippen LogP contribution is -2.37. The Morgan fingerprint density at radius 2 is 2.17 bits per heavy atom. The lowest BCUT2D eigenvalue weighted by atomic mass is 10.1. The zero-order chi connectivity index (χ0) is 17.3. The van der Waals surface area contributed by atoms with E-state index in [2.05, 4.69) is 4.99 Å². The van der Waals surface area contributed by atoms with Gasteiger partial charge in [0.05, 0.1) is 23.6 Å². The van der Waals surface area contributed by atoms with E-state index in [1.807, 2.05) is 23.1 Å². The maximum atomic E-state index is 11.9. The minimum Gasteiger partial charge on any atom is -0.342 e. The summed E-state index contributed by atoms with van der Waals surface area (Å²) >= 11 is 7.50. The molecule has 2 atom stereocenters. The third kappa shape index (κ3) is 3.58. The van der Waals surface area contributed by atoms with Crippen LogP contribution >= 0.6 is 23.4 Å². The first-order valence-electron chi connectivity index (χ1n) is 7.25. The van der Waals surface area contributed by atoms with Crippen LogP contribution in [-0.4, -0.2) is 47.2 Å². The molecule has 0 N–H and O–H groups in total. The van der Waals surface area contributed by atoms with Crippen LogP contribution in [0.5, 0.6) is 0 Å². The molecular weight excluding hydrogens is 370 g/mol. The fraction of sp³-hybridized carbons (Fsp3) is 0.400. The van der Waals surface area contributed by atoms with Crippen molar-refractivity contribution in [1.82, 2.24) is 4.90 Å². The summed E-state index contributed by atoms with van der Waals surface area (Å²) in [5, 5.41) is 9.52. The molecule has 1 aromatic carbocycles. The minimum atomic E-state index is -3.09. The van der Waals surface area contributed by atoms with Gasteiger partial charge in [0.2, 0.25) is 0 Å². The number of nitriles is 1. The largest absolute Gasteiger partial charge is 0.342 e. The van der Waals surface area contributed by atoms with Crippen molar-refractivity contribution in [3.05, 3.63) is 34.9 Å². The summed E-state index contributed by atoms with van der Waals surface area (Å²) in [4.78, 5) is 17.6. The Morgan fingerprint density at radius 1 is 1.42 bits per heavy atom. The predicted molar refractivity (Wildman–Crippen MR) is 93.5 cm³/mol. The molecule has 2 saturated heterocycles. The topological polar surface area (TPSA) is 90.6 Å². The zero-order valence-electron chi connectivity index (χ0n) is 12.6. The Balaban J connectivity index is 1.91. The predicted octanol–water partition coefficient (Wildman–Crippen LogP) is 1.85. The minimum absolute atomic E-state index is 0.0422. The molecule has 0 spiro atoms. The van der Waals surface area contributed by atoms with Gasteiger partial charge in [0.1, 0.15) is 6.42 Å². The van der Waals surface area contributed by atoms with Crippen LogP contribution in [0, 0.1) is 11.3 Å². The van der Waals surface area contributed by atoms with Gasteiger partial charge in [-0.25, -0.2) is 8.42 Å². The number of hydrogen-bond acceptors (Lipinski definition) is 5. The molecule has 2 aliphatic rings. The second kappa shape index (κ2) is 6.75. The van der Waals surface area contributed by atoms with Crippen LogP contribution < -0.4 is 0 Å². The highest BCUT2D eigenvalue weighted by molar-refractivity contribution is 8.15.